The number of hydrogen-bond acceptors (Lipinski definition) is 3. The van der Waals surface area contributed by atoms with Crippen LogP contribution in [0.1, 0.15) is 19.8 Å². The van der Waals surface area contributed by atoms with Crippen molar-refractivity contribution < 1.29 is 0 Å². The molecule has 1 fully saturated rings. The third-order valence-corrected chi connectivity index (χ3v) is 2.95. The second-order valence-electron chi connectivity index (χ2n) is 4.33. The molecule has 1 atom stereocenters. The Morgan fingerprint density at radius 1 is 1.47 bits per heavy atom. The molecule has 4 heteroatoms. The summed E-state index contributed by atoms with van der Waals surface area (Å²) in [6.07, 6.45) is 4.40. The Labute approximate surface area is 91.3 Å². The van der Waals surface area contributed by atoms with Crippen LogP contribution in [0.4, 0.5) is 5.82 Å². The van der Waals surface area contributed by atoms with Crippen molar-refractivity contribution in [2.75, 3.05) is 24.5 Å². The summed E-state index contributed by atoms with van der Waals surface area (Å²) >= 11 is 0. The van der Waals surface area contributed by atoms with Gasteiger partial charge in [-0.25, -0.2) is 0 Å². The number of nitrogens with one attached hydrogen (secondary N) is 1. The lowest BCUT2D eigenvalue weighted by atomic mass is 10.2. The van der Waals surface area contributed by atoms with E-state index in [4.69, 9.17) is 0 Å². The molecule has 0 amide bonds. The first-order chi connectivity index (χ1) is 7.25. The van der Waals surface area contributed by atoms with Crippen LogP contribution in [-0.4, -0.2) is 35.5 Å². The van der Waals surface area contributed by atoms with Gasteiger partial charge in [0, 0.05) is 38.4 Å². The Balaban J connectivity index is 2.01. The maximum atomic E-state index is 4.45. The fourth-order valence-corrected chi connectivity index (χ4v) is 1.98. The Hall–Kier alpha value is -1.03. The van der Waals surface area contributed by atoms with Crippen molar-refractivity contribution in [2.45, 2.75) is 25.8 Å². The highest BCUT2D eigenvalue weighted by atomic mass is 15.3. The van der Waals surface area contributed by atoms with Crippen molar-refractivity contribution in [2.24, 2.45) is 7.05 Å². The Bertz CT molecular complexity index is 307. The van der Waals surface area contributed by atoms with Crippen LogP contribution in [0, 0.1) is 0 Å². The fourth-order valence-electron chi connectivity index (χ4n) is 1.98. The molecule has 0 spiro atoms. The van der Waals surface area contributed by atoms with E-state index < -0.39 is 0 Å². The van der Waals surface area contributed by atoms with Gasteiger partial charge in [0.2, 0.25) is 0 Å². The van der Waals surface area contributed by atoms with E-state index in [0.29, 0.717) is 6.04 Å². The van der Waals surface area contributed by atoms with Crippen LogP contribution in [0.15, 0.2) is 12.3 Å². The molecule has 15 heavy (non-hydrogen) atoms. The van der Waals surface area contributed by atoms with Crippen LogP contribution in [0.3, 0.4) is 0 Å². The highest BCUT2D eigenvalue weighted by Gasteiger charge is 2.13. The summed E-state index contributed by atoms with van der Waals surface area (Å²) in [7, 11) is 1.97. The Morgan fingerprint density at radius 3 is 3.07 bits per heavy atom. The van der Waals surface area contributed by atoms with Crippen molar-refractivity contribution in [1.82, 2.24) is 15.1 Å². The maximum Gasteiger partial charge on any atom is 0.150 e. The molecule has 1 aliphatic rings. The molecule has 1 aliphatic heterocycles. The van der Waals surface area contributed by atoms with Gasteiger partial charge in [0.25, 0.3) is 0 Å². The lowest BCUT2D eigenvalue weighted by Crippen LogP contribution is -2.38. The molecule has 0 bridgehead atoms. The van der Waals surface area contributed by atoms with Crippen molar-refractivity contribution in [3.8, 4) is 0 Å². The number of rotatable bonds is 1. The van der Waals surface area contributed by atoms with E-state index in [-0.39, 0.29) is 0 Å². The van der Waals surface area contributed by atoms with E-state index in [9.17, 15) is 0 Å². The first-order valence-electron chi connectivity index (χ1n) is 5.73. The number of aromatic nitrogens is 2. The van der Waals surface area contributed by atoms with E-state index >= 15 is 0 Å². The van der Waals surface area contributed by atoms with Gasteiger partial charge >= 0.3 is 0 Å². The third-order valence-electron chi connectivity index (χ3n) is 2.95. The molecular formula is C11H20N4. The zero-order valence-corrected chi connectivity index (χ0v) is 9.61. The highest BCUT2D eigenvalue weighted by Crippen LogP contribution is 2.13. The lowest BCUT2D eigenvalue weighted by molar-refractivity contribution is 0.473. The van der Waals surface area contributed by atoms with Gasteiger partial charge in [0.1, 0.15) is 0 Å². The van der Waals surface area contributed by atoms with Crippen LogP contribution < -0.4 is 10.2 Å². The highest BCUT2D eigenvalue weighted by molar-refractivity contribution is 5.36. The van der Waals surface area contributed by atoms with Gasteiger partial charge in [-0.3, -0.25) is 4.68 Å². The van der Waals surface area contributed by atoms with Gasteiger partial charge < -0.3 is 10.2 Å². The van der Waals surface area contributed by atoms with E-state index in [1.54, 1.807) is 0 Å². The zero-order chi connectivity index (χ0) is 10.7. The number of aryl methyl sites for hydroxylation is 1. The quantitative estimate of drug-likeness (QED) is 0.747. The summed E-state index contributed by atoms with van der Waals surface area (Å²) in [6.45, 7) is 5.58. The molecule has 1 aromatic rings. The molecule has 0 radical (unpaired) electrons. The largest absolute Gasteiger partial charge is 0.355 e. The van der Waals surface area contributed by atoms with Gasteiger partial charge in [-0.1, -0.05) is 0 Å². The molecule has 4 nitrogen and oxygen atoms in total. The average Bonchev–Trinajstić information content (AvgIpc) is 2.59. The minimum atomic E-state index is 0.622. The molecule has 0 aliphatic carbocycles. The lowest BCUT2D eigenvalue weighted by Gasteiger charge is -2.27. The standard InChI is InChI=1S/C11H20N4/c1-10-4-9-15(7-3-6-12-10)11-5-8-14(2)13-11/h5,8,10,12H,3-4,6-7,9H2,1-2H3. The van der Waals surface area contributed by atoms with E-state index in [1.165, 1.54) is 12.8 Å². The molecule has 1 unspecified atom stereocenters. The molecule has 1 saturated heterocycles. The Kier molecular flexibility index (Phi) is 3.26. The number of anilines is 1. The van der Waals surface area contributed by atoms with Crippen molar-refractivity contribution in [1.29, 1.82) is 0 Å². The summed E-state index contributed by atoms with van der Waals surface area (Å²) in [4.78, 5) is 2.39. The zero-order valence-electron chi connectivity index (χ0n) is 9.61. The van der Waals surface area contributed by atoms with Crippen LogP contribution in [0.25, 0.3) is 0 Å². The van der Waals surface area contributed by atoms with Gasteiger partial charge in [-0.2, -0.15) is 5.10 Å². The van der Waals surface area contributed by atoms with Crippen LogP contribution >= 0.6 is 0 Å². The molecule has 0 aromatic carbocycles. The summed E-state index contributed by atoms with van der Waals surface area (Å²) < 4.78 is 1.87. The average molecular weight is 208 g/mol. The van der Waals surface area contributed by atoms with Gasteiger partial charge in [0.15, 0.2) is 5.82 Å². The normalized spacial score (nSPS) is 23.6. The summed E-state index contributed by atoms with van der Waals surface area (Å²) in [5, 5.41) is 7.96. The van der Waals surface area contributed by atoms with Crippen LogP contribution in [0.5, 0.6) is 0 Å². The van der Waals surface area contributed by atoms with E-state index in [1.807, 2.05) is 17.9 Å². The van der Waals surface area contributed by atoms with Gasteiger partial charge in [-0.15, -0.1) is 0 Å². The second-order valence-corrected chi connectivity index (χ2v) is 4.33. The predicted molar refractivity (Wildman–Crippen MR) is 62.1 cm³/mol. The molecule has 84 valence electrons. The van der Waals surface area contributed by atoms with Gasteiger partial charge in [-0.05, 0) is 26.3 Å². The first kappa shape index (κ1) is 10.5. The fraction of sp³-hybridized carbons (Fsp3) is 0.727. The smallest absolute Gasteiger partial charge is 0.150 e. The van der Waals surface area contributed by atoms with E-state index in [0.717, 1.165) is 25.5 Å². The van der Waals surface area contributed by atoms with Crippen LogP contribution in [0.2, 0.25) is 0 Å². The maximum absolute atomic E-state index is 4.45. The van der Waals surface area contributed by atoms with Crippen molar-refractivity contribution in [3.05, 3.63) is 12.3 Å². The van der Waals surface area contributed by atoms with Gasteiger partial charge in [0.05, 0.1) is 0 Å². The molecule has 1 aromatic heterocycles. The molecule has 2 rings (SSSR count). The molecular weight excluding hydrogens is 188 g/mol. The Morgan fingerprint density at radius 2 is 2.33 bits per heavy atom. The minimum absolute atomic E-state index is 0.622. The number of nitrogens with zero attached hydrogens (tertiary/aromatic N) is 3. The summed E-state index contributed by atoms with van der Waals surface area (Å²) in [6, 6.07) is 2.72. The number of hydrogen-bond donors (Lipinski definition) is 1. The monoisotopic (exact) mass is 208 g/mol. The molecule has 2 heterocycles. The third kappa shape index (κ3) is 2.72. The summed E-state index contributed by atoms with van der Waals surface area (Å²) in [5.41, 5.74) is 0. The van der Waals surface area contributed by atoms with Crippen molar-refractivity contribution in [3.63, 3.8) is 0 Å². The summed E-state index contributed by atoms with van der Waals surface area (Å²) in [5.74, 6) is 1.12. The second kappa shape index (κ2) is 4.66. The minimum Gasteiger partial charge on any atom is -0.355 e. The molecule has 1 N–H and O–H groups in total. The van der Waals surface area contributed by atoms with Crippen LogP contribution in [-0.2, 0) is 7.05 Å². The van der Waals surface area contributed by atoms with E-state index in [2.05, 4.69) is 28.3 Å². The SMILES string of the molecule is CC1CCN(c2ccn(C)n2)CCCN1. The molecule has 0 saturated carbocycles. The first-order valence-corrected chi connectivity index (χ1v) is 5.73. The predicted octanol–water partition coefficient (Wildman–Crippen LogP) is 0.998. The van der Waals surface area contributed by atoms with Crippen molar-refractivity contribution >= 4 is 5.82 Å². The topological polar surface area (TPSA) is 33.1 Å².